The molecule has 152 valence electrons. The van der Waals surface area contributed by atoms with Gasteiger partial charge < -0.3 is 15.4 Å². The summed E-state index contributed by atoms with van der Waals surface area (Å²) in [5.74, 6) is -1.45. The summed E-state index contributed by atoms with van der Waals surface area (Å²) in [5.41, 5.74) is 2.04. The van der Waals surface area contributed by atoms with Gasteiger partial charge in [0.15, 0.2) is 0 Å². The van der Waals surface area contributed by atoms with Gasteiger partial charge in [-0.3, -0.25) is 10.1 Å². The molecule has 0 spiro atoms. The molecule has 0 heterocycles. The van der Waals surface area contributed by atoms with Crippen LogP contribution in [0.5, 0.6) is 0 Å². The number of esters is 1. The summed E-state index contributed by atoms with van der Waals surface area (Å²) >= 11 is 0. The number of benzene rings is 3. The molecule has 3 aromatic carbocycles. The highest BCUT2D eigenvalue weighted by atomic mass is 16.5. The fraction of sp³-hybridized carbons (Fsp3) is 0.0870. The van der Waals surface area contributed by atoms with Crippen molar-refractivity contribution in [3.05, 3.63) is 96.1 Å². The summed E-state index contributed by atoms with van der Waals surface area (Å²) in [7, 11) is 1.39. The normalized spacial score (nSPS) is 11.1. The quantitative estimate of drug-likeness (QED) is 0.544. The molecule has 3 N–H and O–H groups in total. The van der Waals surface area contributed by atoms with Crippen LogP contribution in [0, 0.1) is 0 Å². The molecule has 0 aliphatic rings. The molecular formula is C23H21N3O4. The number of para-hydroxylation sites is 2. The van der Waals surface area contributed by atoms with Crippen LogP contribution in [-0.2, 0) is 9.53 Å². The molecule has 7 nitrogen and oxygen atoms in total. The molecule has 0 aliphatic heterocycles. The van der Waals surface area contributed by atoms with Gasteiger partial charge in [0, 0.05) is 18.3 Å². The Bertz CT molecular complexity index is 1020. The van der Waals surface area contributed by atoms with Crippen LogP contribution in [0.25, 0.3) is 0 Å². The summed E-state index contributed by atoms with van der Waals surface area (Å²) in [6.45, 7) is 0. The Labute approximate surface area is 174 Å². The van der Waals surface area contributed by atoms with Gasteiger partial charge in [0.1, 0.15) is 0 Å². The predicted octanol–water partition coefficient (Wildman–Crippen LogP) is 3.78. The van der Waals surface area contributed by atoms with Gasteiger partial charge in [-0.1, -0.05) is 60.7 Å². The standard InChI is InChI=1S/C23H21N3O4/c1-24-23(29)26-21(27)20(16-10-4-2-5-11-16)30-22(28)18-14-8-9-15-19(18)25-17-12-6-3-7-13-17/h2-15,20,25H,1H3,(H2,24,26,27,29)/t20-/m0/s1. The number of nitrogens with one attached hydrogen (secondary N) is 3. The van der Waals surface area contributed by atoms with E-state index in [0.29, 0.717) is 11.3 Å². The molecule has 30 heavy (non-hydrogen) atoms. The average molecular weight is 403 g/mol. The lowest BCUT2D eigenvalue weighted by atomic mass is 10.1. The SMILES string of the molecule is CNC(=O)NC(=O)[C@@H](OC(=O)c1ccccc1Nc1ccccc1)c1ccccc1. The van der Waals surface area contributed by atoms with Gasteiger partial charge in [0.05, 0.1) is 11.3 Å². The molecule has 3 aromatic rings. The lowest BCUT2D eigenvalue weighted by Gasteiger charge is -2.19. The third-order valence-corrected chi connectivity index (χ3v) is 4.23. The Balaban J connectivity index is 1.86. The predicted molar refractivity (Wildman–Crippen MR) is 113 cm³/mol. The molecule has 7 heteroatoms. The van der Waals surface area contributed by atoms with Gasteiger partial charge >= 0.3 is 12.0 Å². The minimum Gasteiger partial charge on any atom is -0.444 e. The van der Waals surface area contributed by atoms with Crippen molar-refractivity contribution in [2.24, 2.45) is 0 Å². The molecule has 0 aliphatic carbocycles. The van der Waals surface area contributed by atoms with Gasteiger partial charge in [-0.05, 0) is 24.3 Å². The zero-order valence-corrected chi connectivity index (χ0v) is 16.3. The highest BCUT2D eigenvalue weighted by Gasteiger charge is 2.27. The minimum absolute atomic E-state index is 0.259. The van der Waals surface area contributed by atoms with E-state index in [2.05, 4.69) is 16.0 Å². The topological polar surface area (TPSA) is 96.5 Å². The van der Waals surface area contributed by atoms with E-state index in [1.807, 2.05) is 30.3 Å². The van der Waals surface area contributed by atoms with E-state index in [0.717, 1.165) is 5.69 Å². The number of hydrogen-bond donors (Lipinski definition) is 3. The van der Waals surface area contributed by atoms with Gasteiger partial charge in [-0.15, -0.1) is 0 Å². The Morgan fingerprint density at radius 1 is 0.800 bits per heavy atom. The minimum atomic E-state index is -1.29. The summed E-state index contributed by atoms with van der Waals surface area (Å²) < 4.78 is 5.54. The maximum Gasteiger partial charge on any atom is 0.341 e. The first-order valence-corrected chi connectivity index (χ1v) is 9.28. The van der Waals surface area contributed by atoms with E-state index in [1.165, 1.54) is 7.05 Å². The Kier molecular flexibility index (Phi) is 6.78. The molecule has 3 rings (SSSR count). The number of rotatable bonds is 6. The van der Waals surface area contributed by atoms with Crippen molar-refractivity contribution in [1.29, 1.82) is 0 Å². The van der Waals surface area contributed by atoms with Crippen molar-refractivity contribution in [2.75, 3.05) is 12.4 Å². The zero-order valence-electron chi connectivity index (χ0n) is 16.3. The van der Waals surface area contributed by atoms with Crippen LogP contribution < -0.4 is 16.0 Å². The fourth-order valence-corrected chi connectivity index (χ4v) is 2.76. The van der Waals surface area contributed by atoms with E-state index in [4.69, 9.17) is 4.74 Å². The van der Waals surface area contributed by atoms with Crippen LogP contribution in [0.2, 0.25) is 0 Å². The van der Waals surface area contributed by atoms with Crippen molar-refractivity contribution < 1.29 is 19.1 Å². The van der Waals surface area contributed by atoms with Gasteiger partial charge in [0.25, 0.3) is 5.91 Å². The molecule has 0 saturated heterocycles. The first-order chi connectivity index (χ1) is 14.6. The molecule has 0 unspecified atom stereocenters. The Morgan fingerprint density at radius 2 is 1.40 bits per heavy atom. The lowest BCUT2D eigenvalue weighted by Crippen LogP contribution is -2.41. The molecule has 0 radical (unpaired) electrons. The fourth-order valence-electron chi connectivity index (χ4n) is 2.76. The number of anilines is 2. The number of carbonyl (C=O) groups excluding carboxylic acids is 3. The first-order valence-electron chi connectivity index (χ1n) is 9.28. The molecule has 1 atom stereocenters. The molecule has 0 fully saturated rings. The lowest BCUT2D eigenvalue weighted by molar-refractivity contribution is -0.129. The van der Waals surface area contributed by atoms with Crippen molar-refractivity contribution in [2.45, 2.75) is 6.10 Å². The third kappa shape index (κ3) is 5.23. The van der Waals surface area contributed by atoms with Crippen LogP contribution in [0.4, 0.5) is 16.2 Å². The van der Waals surface area contributed by atoms with Crippen LogP contribution in [-0.4, -0.2) is 25.0 Å². The molecule has 0 aromatic heterocycles. The summed E-state index contributed by atoms with van der Waals surface area (Å²) in [4.78, 5) is 37.1. The smallest absolute Gasteiger partial charge is 0.341 e. The number of ether oxygens (including phenoxy) is 1. The Hall–Kier alpha value is -4.13. The first kappa shape index (κ1) is 20.6. The number of hydrogen-bond acceptors (Lipinski definition) is 5. The van der Waals surface area contributed by atoms with Crippen LogP contribution in [0.15, 0.2) is 84.9 Å². The van der Waals surface area contributed by atoms with E-state index in [1.54, 1.807) is 54.6 Å². The maximum absolute atomic E-state index is 13.0. The molecule has 3 amide bonds. The van der Waals surface area contributed by atoms with Crippen molar-refractivity contribution in [3.8, 4) is 0 Å². The largest absolute Gasteiger partial charge is 0.444 e. The van der Waals surface area contributed by atoms with Gasteiger partial charge in [-0.25, -0.2) is 9.59 Å². The second kappa shape index (κ2) is 9.88. The zero-order chi connectivity index (χ0) is 21.3. The number of urea groups is 1. The van der Waals surface area contributed by atoms with Crippen LogP contribution >= 0.6 is 0 Å². The third-order valence-electron chi connectivity index (χ3n) is 4.23. The highest BCUT2D eigenvalue weighted by molar-refractivity contribution is 6.01. The van der Waals surface area contributed by atoms with Crippen molar-refractivity contribution in [1.82, 2.24) is 10.6 Å². The number of carbonyl (C=O) groups is 3. The highest BCUT2D eigenvalue weighted by Crippen LogP contribution is 2.25. The monoisotopic (exact) mass is 403 g/mol. The van der Waals surface area contributed by atoms with Crippen LogP contribution in [0.3, 0.4) is 0 Å². The van der Waals surface area contributed by atoms with E-state index in [9.17, 15) is 14.4 Å². The van der Waals surface area contributed by atoms with Gasteiger partial charge in [-0.2, -0.15) is 0 Å². The maximum atomic E-state index is 13.0. The molecular weight excluding hydrogens is 382 g/mol. The number of imide groups is 1. The van der Waals surface area contributed by atoms with E-state index in [-0.39, 0.29) is 5.56 Å². The molecule has 0 saturated carbocycles. The summed E-state index contributed by atoms with van der Waals surface area (Å²) in [6.07, 6.45) is -1.29. The Morgan fingerprint density at radius 3 is 2.07 bits per heavy atom. The van der Waals surface area contributed by atoms with Gasteiger partial charge in [0.2, 0.25) is 6.10 Å². The van der Waals surface area contributed by atoms with E-state index < -0.39 is 24.0 Å². The van der Waals surface area contributed by atoms with Crippen LogP contribution in [0.1, 0.15) is 22.0 Å². The summed E-state index contributed by atoms with van der Waals surface area (Å²) in [6, 6.07) is 24.0. The summed E-state index contributed by atoms with van der Waals surface area (Å²) in [5, 5.41) is 7.63. The average Bonchev–Trinajstić information content (AvgIpc) is 2.78. The number of amides is 3. The second-order valence-electron chi connectivity index (χ2n) is 6.30. The molecule has 0 bridgehead atoms. The van der Waals surface area contributed by atoms with Crippen molar-refractivity contribution in [3.63, 3.8) is 0 Å². The van der Waals surface area contributed by atoms with E-state index >= 15 is 0 Å². The van der Waals surface area contributed by atoms with Crippen molar-refractivity contribution >= 4 is 29.3 Å². The second-order valence-corrected chi connectivity index (χ2v) is 6.30.